The van der Waals surface area contributed by atoms with Crippen LogP contribution in [0.2, 0.25) is 5.02 Å². The fraction of sp³-hybridized carbons (Fsp3) is 0.412. The SMILES string of the molecule is NC(=O)CC(N)C1CC[C@@H](C(=O)O)N1C(=O)COc1ccc(Cl)cc1C(N)=O. The molecule has 3 atom stereocenters. The molecule has 1 aromatic carbocycles. The minimum absolute atomic E-state index is 0.0153. The van der Waals surface area contributed by atoms with Gasteiger partial charge in [-0.15, -0.1) is 0 Å². The fourth-order valence-corrected chi connectivity index (χ4v) is 3.43. The summed E-state index contributed by atoms with van der Waals surface area (Å²) in [6.45, 7) is -0.550. The quantitative estimate of drug-likeness (QED) is 0.442. The van der Waals surface area contributed by atoms with Gasteiger partial charge >= 0.3 is 5.97 Å². The van der Waals surface area contributed by atoms with Gasteiger partial charge in [-0.2, -0.15) is 0 Å². The maximum atomic E-state index is 12.7. The highest BCUT2D eigenvalue weighted by atomic mass is 35.5. The molecular weight excluding hydrogens is 392 g/mol. The van der Waals surface area contributed by atoms with E-state index in [1.54, 1.807) is 0 Å². The highest BCUT2D eigenvalue weighted by Gasteiger charge is 2.43. The first-order chi connectivity index (χ1) is 13.1. The minimum atomic E-state index is -1.19. The smallest absolute Gasteiger partial charge is 0.326 e. The molecule has 10 nitrogen and oxygen atoms in total. The molecule has 0 aromatic heterocycles. The van der Waals surface area contributed by atoms with Crippen molar-refractivity contribution in [1.29, 1.82) is 0 Å². The van der Waals surface area contributed by atoms with E-state index in [0.717, 1.165) is 4.90 Å². The molecule has 2 unspecified atom stereocenters. The molecule has 1 heterocycles. The number of nitrogens with two attached hydrogens (primary N) is 3. The lowest BCUT2D eigenvalue weighted by molar-refractivity contribution is -0.150. The minimum Gasteiger partial charge on any atom is -0.483 e. The summed E-state index contributed by atoms with van der Waals surface area (Å²) in [5.74, 6) is -3.25. The number of carboxylic acids is 1. The predicted octanol–water partition coefficient (Wildman–Crippen LogP) is -0.535. The van der Waals surface area contributed by atoms with Crippen LogP contribution >= 0.6 is 11.6 Å². The van der Waals surface area contributed by atoms with E-state index in [1.807, 2.05) is 0 Å². The Morgan fingerprint density at radius 1 is 1.25 bits per heavy atom. The van der Waals surface area contributed by atoms with Crippen molar-refractivity contribution in [3.8, 4) is 5.75 Å². The standard InChI is InChI=1S/C17H21ClN4O6/c18-8-1-4-13(9(5-8)16(21)25)28-7-15(24)22-11(10(19)6-14(20)23)2-3-12(22)17(26)27/h1,4-5,10-12H,2-3,6-7,19H2,(H2,20,23)(H2,21,25)(H,26,27)/t10?,11?,12-/m0/s1. The zero-order valence-corrected chi connectivity index (χ0v) is 15.6. The zero-order chi connectivity index (χ0) is 21.0. The Hall–Kier alpha value is -2.85. The number of carbonyl (C=O) groups is 4. The summed E-state index contributed by atoms with van der Waals surface area (Å²) in [7, 11) is 0. The lowest BCUT2D eigenvalue weighted by Gasteiger charge is -2.31. The largest absolute Gasteiger partial charge is 0.483 e. The Morgan fingerprint density at radius 3 is 2.50 bits per heavy atom. The van der Waals surface area contributed by atoms with Crippen LogP contribution in [0.3, 0.4) is 0 Å². The zero-order valence-electron chi connectivity index (χ0n) is 14.8. The van der Waals surface area contributed by atoms with Crippen LogP contribution in [0.15, 0.2) is 18.2 Å². The van der Waals surface area contributed by atoms with Gasteiger partial charge in [-0.25, -0.2) is 4.79 Å². The number of rotatable bonds is 8. The van der Waals surface area contributed by atoms with E-state index >= 15 is 0 Å². The molecule has 3 amide bonds. The monoisotopic (exact) mass is 412 g/mol. The lowest BCUT2D eigenvalue weighted by atomic mass is 10.0. The van der Waals surface area contributed by atoms with Crippen LogP contribution in [0.5, 0.6) is 5.75 Å². The molecule has 2 rings (SSSR count). The van der Waals surface area contributed by atoms with Crippen molar-refractivity contribution in [2.45, 2.75) is 37.4 Å². The third-order valence-electron chi connectivity index (χ3n) is 4.49. The molecule has 1 aromatic rings. The molecule has 7 N–H and O–H groups in total. The van der Waals surface area contributed by atoms with Crippen LogP contribution in [0.25, 0.3) is 0 Å². The van der Waals surface area contributed by atoms with E-state index in [1.165, 1.54) is 18.2 Å². The topological polar surface area (TPSA) is 179 Å². The predicted molar refractivity (Wildman–Crippen MR) is 98.5 cm³/mol. The molecule has 152 valence electrons. The van der Waals surface area contributed by atoms with E-state index in [-0.39, 0.29) is 29.2 Å². The molecule has 1 aliphatic rings. The van der Waals surface area contributed by atoms with Gasteiger partial charge < -0.3 is 31.9 Å². The second-order valence-electron chi connectivity index (χ2n) is 6.43. The number of amides is 3. The number of hydrogen-bond acceptors (Lipinski definition) is 6. The number of hydrogen-bond donors (Lipinski definition) is 4. The van der Waals surface area contributed by atoms with Gasteiger partial charge in [0.05, 0.1) is 5.56 Å². The molecule has 28 heavy (non-hydrogen) atoms. The first-order valence-electron chi connectivity index (χ1n) is 8.41. The van der Waals surface area contributed by atoms with E-state index in [4.69, 9.17) is 33.5 Å². The van der Waals surface area contributed by atoms with Crippen LogP contribution in [0.1, 0.15) is 29.6 Å². The average molecular weight is 413 g/mol. The summed E-state index contributed by atoms with van der Waals surface area (Å²) in [4.78, 5) is 48.0. The van der Waals surface area contributed by atoms with Gasteiger partial charge in [0.1, 0.15) is 11.8 Å². The average Bonchev–Trinajstić information content (AvgIpc) is 3.05. The Morgan fingerprint density at radius 2 is 1.93 bits per heavy atom. The molecule has 1 fully saturated rings. The first-order valence-corrected chi connectivity index (χ1v) is 8.79. The van der Waals surface area contributed by atoms with Crippen LogP contribution < -0.4 is 21.9 Å². The molecule has 0 saturated carbocycles. The number of aliphatic carboxylic acids is 1. The first kappa shape index (κ1) is 21.5. The number of benzene rings is 1. The van der Waals surface area contributed by atoms with Crippen molar-refractivity contribution < 1.29 is 29.0 Å². The maximum Gasteiger partial charge on any atom is 0.326 e. The highest BCUT2D eigenvalue weighted by molar-refractivity contribution is 6.31. The molecule has 0 spiro atoms. The second kappa shape index (κ2) is 8.89. The van der Waals surface area contributed by atoms with Gasteiger partial charge in [0, 0.05) is 23.5 Å². The van der Waals surface area contributed by atoms with E-state index in [0.29, 0.717) is 6.42 Å². The van der Waals surface area contributed by atoms with E-state index in [9.17, 15) is 24.3 Å². The third-order valence-corrected chi connectivity index (χ3v) is 4.73. The summed E-state index contributed by atoms with van der Waals surface area (Å²) < 4.78 is 5.39. The van der Waals surface area contributed by atoms with Crippen molar-refractivity contribution in [1.82, 2.24) is 4.90 Å². The maximum absolute atomic E-state index is 12.7. The van der Waals surface area contributed by atoms with Crippen LogP contribution in [-0.4, -0.2) is 58.4 Å². The third kappa shape index (κ3) is 4.90. The van der Waals surface area contributed by atoms with Crippen molar-refractivity contribution in [3.05, 3.63) is 28.8 Å². The summed E-state index contributed by atoms with van der Waals surface area (Å²) >= 11 is 5.82. The number of likely N-dealkylation sites (tertiary alicyclic amines) is 1. The van der Waals surface area contributed by atoms with E-state index < -0.39 is 48.4 Å². The van der Waals surface area contributed by atoms with Crippen molar-refractivity contribution in [2.75, 3.05) is 6.61 Å². The number of ether oxygens (including phenoxy) is 1. The number of halogens is 1. The summed E-state index contributed by atoms with van der Waals surface area (Å²) in [5.41, 5.74) is 16.4. The van der Waals surface area contributed by atoms with Crippen molar-refractivity contribution in [3.63, 3.8) is 0 Å². The Bertz CT molecular complexity index is 802. The molecule has 11 heteroatoms. The second-order valence-corrected chi connectivity index (χ2v) is 6.86. The molecular formula is C17H21ClN4O6. The molecule has 1 saturated heterocycles. The Kier molecular flexibility index (Phi) is 6.81. The number of carbonyl (C=O) groups excluding carboxylic acids is 3. The molecule has 0 bridgehead atoms. The van der Waals surface area contributed by atoms with Crippen LogP contribution in [-0.2, 0) is 14.4 Å². The summed E-state index contributed by atoms with van der Waals surface area (Å²) in [6.07, 6.45) is 0.307. The summed E-state index contributed by atoms with van der Waals surface area (Å²) in [6, 6.07) is 1.56. The van der Waals surface area contributed by atoms with Gasteiger partial charge in [-0.3, -0.25) is 14.4 Å². The van der Waals surface area contributed by atoms with E-state index in [2.05, 4.69) is 0 Å². The van der Waals surface area contributed by atoms with Crippen molar-refractivity contribution in [2.24, 2.45) is 17.2 Å². The van der Waals surface area contributed by atoms with Gasteiger partial charge in [0.2, 0.25) is 5.91 Å². The normalized spacial score (nSPS) is 19.9. The van der Waals surface area contributed by atoms with Gasteiger partial charge in [-0.1, -0.05) is 11.6 Å². The Balaban J connectivity index is 2.18. The molecule has 0 aliphatic carbocycles. The number of primary amides is 2. The molecule has 0 radical (unpaired) electrons. The van der Waals surface area contributed by atoms with Gasteiger partial charge in [0.25, 0.3) is 11.8 Å². The van der Waals surface area contributed by atoms with Crippen LogP contribution in [0.4, 0.5) is 0 Å². The summed E-state index contributed by atoms with van der Waals surface area (Å²) in [5, 5.41) is 9.66. The van der Waals surface area contributed by atoms with Crippen LogP contribution in [0, 0.1) is 0 Å². The number of carboxylic acid groups (broad SMARTS) is 1. The number of nitrogens with zero attached hydrogens (tertiary/aromatic N) is 1. The lowest BCUT2D eigenvalue weighted by Crippen LogP contribution is -2.53. The van der Waals surface area contributed by atoms with Gasteiger partial charge in [-0.05, 0) is 31.0 Å². The van der Waals surface area contributed by atoms with Crippen molar-refractivity contribution >= 4 is 35.3 Å². The fourth-order valence-electron chi connectivity index (χ4n) is 3.26. The Labute approximate surface area is 165 Å². The highest BCUT2D eigenvalue weighted by Crippen LogP contribution is 2.28. The molecule has 1 aliphatic heterocycles. The van der Waals surface area contributed by atoms with Gasteiger partial charge in [0.15, 0.2) is 6.61 Å².